The number of aryl methyl sites for hydroxylation is 2. The number of methoxy groups -OCH3 is 1. The summed E-state index contributed by atoms with van der Waals surface area (Å²) in [7, 11) is 1.59. The molecule has 0 bridgehead atoms. The average molecular weight is 370 g/mol. The maximum absolute atomic E-state index is 13.0. The van der Waals surface area contributed by atoms with Gasteiger partial charge in [0.15, 0.2) is 5.76 Å². The van der Waals surface area contributed by atoms with E-state index in [-0.39, 0.29) is 18.4 Å². The number of β-amino-alcohol motifs (C(OH)–C–C–N with tert-alkyl or cyclic N) is 1. The van der Waals surface area contributed by atoms with E-state index in [1.807, 2.05) is 32.0 Å². The summed E-state index contributed by atoms with van der Waals surface area (Å²) in [5, 5.41) is 15.2. The number of rotatable bonds is 4. The normalized spacial score (nSPS) is 19.8. The van der Waals surface area contributed by atoms with Gasteiger partial charge in [0.1, 0.15) is 17.1 Å². The third-order valence-corrected chi connectivity index (χ3v) is 5.17. The van der Waals surface area contributed by atoms with E-state index in [1.165, 1.54) is 0 Å². The Balaban J connectivity index is 1.54. The summed E-state index contributed by atoms with van der Waals surface area (Å²) < 4.78 is 16.3. The molecule has 0 saturated carbocycles. The number of aliphatic hydroxyl groups is 1. The van der Waals surface area contributed by atoms with Gasteiger partial charge in [-0.25, -0.2) is 0 Å². The molecule has 4 rings (SSSR count). The van der Waals surface area contributed by atoms with Crippen LogP contribution in [-0.2, 0) is 6.42 Å². The number of benzene rings is 1. The van der Waals surface area contributed by atoms with Crippen LogP contribution in [0.3, 0.4) is 0 Å². The second-order valence-corrected chi connectivity index (χ2v) is 7.09. The highest BCUT2D eigenvalue weighted by atomic mass is 16.5. The first-order valence-electron chi connectivity index (χ1n) is 8.93. The van der Waals surface area contributed by atoms with Gasteiger partial charge in [-0.1, -0.05) is 5.16 Å². The van der Waals surface area contributed by atoms with Crippen molar-refractivity contribution in [1.29, 1.82) is 0 Å². The molecule has 1 amide bonds. The highest BCUT2D eigenvalue weighted by Gasteiger charge is 2.36. The van der Waals surface area contributed by atoms with Crippen LogP contribution in [0.15, 0.2) is 33.2 Å². The van der Waals surface area contributed by atoms with Crippen molar-refractivity contribution in [3.63, 3.8) is 0 Å². The number of furan rings is 1. The van der Waals surface area contributed by atoms with Gasteiger partial charge in [-0.05, 0) is 26.0 Å². The Hall–Kier alpha value is -2.80. The van der Waals surface area contributed by atoms with Crippen LogP contribution in [0.2, 0.25) is 0 Å². The van der Waals surface area contributed by atoms with Crippen molar-refractivity contribution in [3.8, 4) is 5.75 Å². The average Bonchev–Trinajstić information content (AvgIpc) is 3.33. The molecule has 7 nitrogen and oxygen atoms in total. The van der Waals surface area contributed by atoms with Gasteiger partial charge >= 0.3 is 0 Å². The van der Waals surface area contributed by atoms with Crippen molar-refractivity contribution in [2.75, 3.05) is 20.2 Å². The minimum atomic E-state index is -0.607. The predicted octanol–water partition coefficient (Wildman–Crippen LogP) is 2.72. The van der Waals surface area contributed by atoms with Crippen LogP contribution < -0.4 is 4.74 Å². The Morgan fingerprint density at radius 1 is 1.33 bits per heavy atom. The smallest absolute Gasteiger partial charge is 0.289 e. The number of hydrogen-bond donors (Lipinski definition) is 1. The Bertz CT molecular complexity index is 990. The quantitative estimate of drug-likeness (QED) is 0.760. The Morgan fingerprint density at radius 2 is 2.15 bits per heavy atom. The van der Waals surface area contributed by atoms with Gasteiger partial charge in [0.2, 0.25) is 0 Å². The van der Waals surface area contributed by atoms with Crippen LogP contribution >= 0.6 is 0 Å². The molecule has 1 saturated heterocycles. The number of likely N-dealkylation sites (tertiary alicyclic amines) is 1. The van der Waals surface area contributed by atoms with Crippen LogP contribution in [0.1, 0.15) is 27.6 Å². The molecule has 0 spiro atoms. The molecule has 1 fully saturated rings. The summed E-state index contributed by atoms with van der Waals surface area (Å²) in [6.07, 6.45) is -0.0635. The van der Waals surface area contributed by atoms with Crippen molar-refractivity contribution in [1.82, 2.24) is 10.1 Å². The van der Waals surface area contributed by atoms with E-state index in [2.05, 4.69) is 5.16 Å². The van der Waals surface area contributed by atoms with E-state index in [4.69, 9.17) is 13.7 Å². The number of carbonyl (C=O) groups excluding carboxylic acids is 1. The number of amides is 1. The Morgan fingerprint density at radius 3 is 2.85 bits per heavy atom. The van der Waals surface area contributed by atoms with Crippen molar-refractivity contribution in [3.05, 3.63) is 47.0 Å². The number of aliphatic hydroxyl groups excluding tert-OH is 1. The first-order valence-corrected chi connectivity index (χ1v) is 8.93. The molecule has 27 heavy (non-hydrogen) atoms. The van der Waals surface area contributed by atoms with E-state index in [0.29, 0.717) is 30.1 Å². The molecule has 1 N–H and O–H groups in total. The zero-order valence-electron chi connectivity index (χ0n) is 15.6. The van der Waals surface area contributed by atoms with Gasteiger partial charge in [-0.2, -0.15) is 0 Å². The molecule has 2 aromatic heterocycles. The maximum atomic E-state index is 13.0. The number of fused-ring (bicyclic) bond motifs is 1. The van der Waals surface area contributed by atoms with Crippen LogP contribution in [0.5, 0.6) is 5.75 Å². The fraction of sp³-hybridized carbons (Fsp3) is 0.400. The van der Waals surface area contributed by atoms with Crippen LogP contribution in [-0.4, -0.2) is 47.4 Å². The molecular weight excluding hydrogens is 348 g/mol. The minimum Gasteiger partial charge on any atom is -0.497 e. The van der Waals surface area contributed by atoms with Gasteiger partial charge in [0, 0.05) is 48.5 Å². The SMILES string of the molecule is COc1ccc2c(C)c(C(=O)N3C[C@@H](Cc4cc(C)no4)[C@@H](O)C3)oc2c1. The third kappa shape index (κ3) is 3.19. The second-order valence-electron chi connectivity index (χ2n) is 7.09. The molecule has 1 aliphatic heterocycles. The molecule has 3 aromatic rings. The van der Waals surface area contributed by atoms with E-state index >= 15 is 0 Å². The lowest BCUT2D eigenvalue weighted by molar-refractivity contribution is 0.0735. The Kier molecular flexibility index (Phi) is 4.39. The minimum absolute atomic E-state index is 0.0916. The highest BCUT2D eigenvalue weighted by Crippen LogP contribution is 2.31. The monoisotopic (exact) mass is 370 g/mol. The first-order chi connectivity index (χ1) is 13.0. The summed E-state index contributed by atoms with van der Waals surface area (Å²) in [4.78, 5) is 14.6. The van der Waals surface area contributed by atoms with Gasteiger partial charge < -0.3 is 23.7 Å². The number of hydrogen-bond acceptors (Lipinski definition) is 6. The lowest BCUT2D eigenvalue weighted by Gasteiger charge is -2.14. The van der Waals surface area contributed by atoms with Gasteiger partial charge in [-0.15, -0.1) is 0 Å². The van der Waals surface area contributed by atoms with Crippen LogP contribution in [0.4, 0.5) is 0 Å². The fourth-order valence-electron chi connectivity index (χ4n) is 3.67. The molecule has 1 aromatic carbocycles. The fourth-order valence-corrected chi connectivity index (χ4v) is 3.67. The molecule has 2 atom stereocenters. The van der Waals surface area contributed by atoms with Crippen molar-refractivity contribution < 1.29 is 23.6 Å². The standard InChI is InChI=1S/C20H22N2O5/c1-11-6-15(27-21-11)7-13-9-22(10-17(13)23)20(24)19-12(2)16-5-4-14(25-3)8-18(16)26-19/h4-6,8,13,17,23H,7,9-10H2,1-3H3/t13-,17+/m1/s1. The van der Waals surface area contributed by atoms with E-state index in [1.54, 1.807) is 18.1 Å². The van der Waals surface area contributed by atoms with E-state index < -0.39 is 6.10 Å². The van der Waals surface area contributed by atoms with E-state index in [0.717, 1.165) is 22.4 Å². The van der Waals surface area contributed by atoms with E-state index in [9.17, 15) is 9.90 Å². The predicted molar refractivity (Wildman–Crippen MR) is 97.8 cm³/mol. The Labute approximate surface area is 156 Å². The molecule has 1 aliphatic rings. The lowest BCUT2D eigenvalue weighted by atomic mass is 10.0. The topological polar surface area (TPSA) is 88.9 Å². The zero-order valence-corrected chi connectivity index (χ0v) is 15.6. The molecule has 7 heteroatoms. The molecule has 0 radical (unpaired) electrons. The molecular formula is C20H22N2O5. The molecule has 3 heterocycles. The molecule has 0 unspecified atom stereocenters. The second kappa shape index (κ2) is 6.74. The first kappa shape index (κ1) is 17.6. The zero-order chi connectivity index (χ0) is 19.1. The number of carbonyl (C=O) groups is 1. The van der Waals surface area contributed by atoms with Crippen LogP contribution in [0, 0.1) is 19.8 Å². The number of ether oxygens (including phenoxy) is 1. The van der Waals surface area contributed by atoms with Gasteiger partial charge in [0.25, 0.3) is 5.91 Å². The molecule has 142 valence electrons. The van der Waals surface area contributed by atoms with Crippen molar-refractivity contribution >= 4 is 16.9 Å². The summed E-state index contributed by atoms with van der Waals surface area (Å²) in [6, 6.07) is 7.35. The van der Waals surface area contributed by atoms with Crippen molar-refractivity contribution in [2.24, 2.45) is 5.92 Å². The lowest BCUT2D eigenvalue weighted by Crippen LogP contribution is -2.29. The molecule has 0 aliphatic carbocycles. The largest absolute Gasteiger partial charge is 0.497 e. The number of nitrogens with zero attached hydrogens (tertiary/aromatic N) is 2. The van der Waals surface area contributed by atoms with Crippen LogP contribution in [0.25, 0.3) is 11.0 Å². The van der Waals surface area contributed by atoms with Gasteiger partial charge in [-0.3, -0.25) is 4.79 Å². The summed E-state index contributed by atoms with van der Waals surface area (Å²) >= 11 is 0. The summed E-state index contributed by atoms with van der Waals surface area (Å²) in [5.74, 6) is 1.40. The van der Waals surface area contributed by atoms with Crippen molar-refractivity contribution in [2.45, 2.75) is 26.4 Å². The highest BCUT2D eigenvalue weighted by molar-refractivity contribution is 5.99. The third-order valence-electron chi connectivity index (χ3n) is 5.17. The summed E-state index contributed by atoms with van der Waals surface area (Å²) in [6.45, 7) is 4.44. The maximum Gasteiger partial charge on any atom is 0.289 e. The number of aromatic nitrogens is 1. The van der Waals surface area contributed by atoms with Gasteiger partial charge in [0.05, 0.1) is 18.9 Å². The summed E-state index contributed by atoms with van der Waals surface area (Å²) in [5.41, 5.74) is 2.21.